The number of ether oxygens (including phenoxy) is 1. The molecule has 17 heavy (non-hydrogen) atoms. The minimum absolute atomic E-state index is 0.358. The fourth-order valence-electron chi connectivity index (χ4n) is 1.44. The van der Waals surface area contributed by atoms with Crippen LogP contribution in [-0.2, 0) is 16.6 Å². The average Bonchev–Trinajstić information content (AvgIpc) is 2.69. The van der Waals surface area contributed by atoms with Crippen molar-refractivity contribution < 1.29 is 9.53 Å². The SMILES string of the molecule is COC(=O)C(C)(N)CCCSc1cnn(C)c1. The third-order valence-electron chi connectivity index (χ3n) is 2.44. The van der Waals surface area contributed by atoms with Gasteiger partial charge < -0.3 is 10.5 Å². The molecule has 0 amide bonds. The number of rotatable bonds is 6. The molecule has 5 nitrogen and oxygen atoms in total. The van der Waals surface area contributed by atoms with Gasteiger partial charge in [-0.15, -0.1) is 11.8 Å². The van der Waals surface area contributed by atoms with Crippen LogP contribution in [0, 0.1) is 0 Å². The van der Waals surface area contributed by atoms with Gasteiger partial charge in [0.25, 0.3) is 0 Å². The molecule has 1 unspecified atom stereocenters. The van der Waals surface area contributed by atoms with Gasteiger partial charge in [0.05, 0.1) is 13.3 Å². The van der Waals surface area contributed by atoms with Crippen molar-refractivity contribution in [1.29, 1.82) is 0 Å². The number of carbonyl (C=O) groups is 1. The first-order valence-corrected chi connectivity index (χ1v) is 6.43. The summed E-state index contributed by atoms with van der Waals surface area (Å²) in [6.07, 6.45) is 5.27. The lowest BCUT2D eigenvalue weighted by Crippen LogP contribution is -2.45. The van der Waals surface area contributed by atoms with Crippen molar-refractivity contribution in [3.63, 3.8) is 0 Å². The lowest BCUT2D eigenvalue weighted by molar-refractivity contribution is -0.146. The van der Waals surface area contributed by atoms with Crippen LogP contribution in [0.5, 0.6) is 0 Å². The summed E-state index contributed by atoms with van der Waals surface area (Å²) in [4.78, 5) is 12.5. The number of nitrogens with two attached hydrogens (primary N) is 1. The van der Waals surface area contributed by atoms with Crippen LogP contribution in [0.25, 0.3) is 0 Å². The first-order chi connectivity index (χ1) is 7.95. The third-order valence-corrected chi connectivity index (χ3v) is 3.48. The normalized spacial score (nSPS) is 14.4. The highest BCUT2D eigenvalue weighted by atomic mass is 32.2. The third kappa shape index (κ3) is 4.40. The summed E-state index contributed by atoms with van der Waals surface area (Å²) < 4.78 is 6.42. The number of aromatic nitrogens is 2. The Kier molecular flexibility index (Phi) is 5.02. The summed E-state index contributed by atoms with van der Waals surface area (Å²) in [6.45, 7) is 1.70. The van der Waals surface area contributed by atoms with Crippen molar-refractivity contribution in [2.75, 3.05) is 12.9 Å². The highest BCUT2D eigenvalue weighted by Crippen LogP contribution is 2.20. The number of methoxy groups -OCH3 is 1. The Balaban J connectivity index is 2.26. The average molecular weight is 257 g/mol. The van der Waals surface area contributed by atoms with Gasteiger partial charge >= 0.3 is 5.97 Å². The van der Waals surface area contributed by atoms with Crippen molar-refractivity contribution in [3.8, 4) is 0 Å². The smallest absolute Gasteiger partial charge is 0.325 e. The van der Waals surface area contributed by atoms with E-state index in [2.05, 4.69) is 9.84 Å². The lowest BCUT2D eigenvalue weighted by atomic mass is 9.98. The Morgan fingerprint density at radius 2 is 2.41 bits per heavy atom. The number of esters is 1. The molecule has 1 atom stereocenters. The van der Waals surface area contributed by atoms with E-state index in [1.54, 1.807) is 23.4 Å². The first-order valence-electron chi connectivity index (χ1n) is 5.44. The zero-order chi connectivity index (χ0) is 12.9. The van der Waals surface area contributed by atoms with Crippen LogP contribution in [0.4, 0.5) is 0 Å². The summed E-state index contributed by atoms with van der Waals surface area (Å²) in [5.74, 6) is 0.555. The lowest BCUT2D eigenvalue weighted by Gasteiger charge is -2.20. The zero-order valence-electron chi connectivity index (χ0n) is 10.5. The summed E-state index contributed by atoms with van der Waals surface area (Å²) in [5.41, 5.74) is 4.97. The Labute approximate surface area is 106 Å². The predicted molar refractivity (Wildman–Crippen MR) is 67.8 cm³/mol. The first kappa shape index (κ1) is 14.1. The topological polar surface area (TPSA) is 70.1 Å². The standard InChI is InChI=1S/C11H19N3O2S/c1-11(12,10(15)16-3)5-4-6-17-9-7-13-14(2)8-9/h7-8H,4-6,12H2,1-3H3. The second kappa shape index (κ2) is 6.07. The maximum Gasteiger partial charge on any atom is 0.325 e. The Hall–Kier alpha value is -1.01. The van der Waals surface area contributed by atoms with Gasteiger partial charge in [0.1, 0.15) is 5.54 Å². The van der Waals surface area contributed by atoms with E-state index in [1.807, 2.05) is 19.4 Å². The van der Waals surface area contributed by atoms with Crippen molar-refractivity contribution >= 4 is 17.7 Å². The van der Waals surface area contributed by atoms with Gasteiger partial charge in [-0.2, -0.15) is 5.10 Å². The molecule has 0 bridgehead atoms. The van der Waals surface area contributed by atoms with E-state index in [0.717, 1.165) is 17.1 Å². The van der Waals surface area contributed by atoms with Crippen molar-refractivity contribution in [1.82, 2.24) is 9.78 Å². The Morgan fingerprint density at radius 1 is 1.71 bits per heavy atom. The molecule has 0 aromatic carbocycles. The van der Waals surface area contributed by atoms with Crippen LogP contribution in [0.15, 0.2) is 17.3 Å². The van der Waals surface area contributed by atoms with E-state index in [-0.39, 0.29) is 5.97 Å². The minimum atomic E-state index is -0.885. The molecule has 1 heterocycles. The summed E-state index contributed by atoms with van der Waals surface area (Å²) >= 11 is 1.71. The summed E-state index contributed by atoms with van der Waals surface area (Å²) in [7, 11) is 3.25. The maximum absolute atomic E-state index is 11.3. The van der Waals surface area contributed by atoms with Crippen LogP contribution >= 0.6 is 11.8 Å². The molecule has 1 rings (SSSR count). The molecule has 1 aromatic rings. The van der Waals surface area contributed by atoms with Gasteiger partial charge in [0, 0.05) is 18.1 Å². The van der Waals surface area contributed by atoms with Crippen molar-refractivity contribution in [2.24, 2.45) is 12.8 Å². The molecule has 1 aromatic heterocycles. The van der Waals surface area contributed by atoms with E-state index < -0.39 is 5.54 Å². The van der Waals surface area contributed by atoms with Crippen LogP contribution in [0.1, 0.15) is 19.8 Å². The van der Waals surface area contributed by atoms with Crippen LogP contribution in [-0.4, -0.2) is 34.2 Å². The summed E-state index contributed by atoms with van der Waals surface area (Å²) in [6, 6.07) is 0. The molecule has 0 aliphatic rings. The molecule has 0 radical (unpaired) electrons. The minimum Gasteiger partial charge on any atom is -0.468 e. The van der Waals surface area contributed by atoms with Gasteiger partial charge in [0.15, 0.2) is 0 Å². The Bertz CT molecular complexity index is 377. The van der Waals surface area contributed by atoms with Gasteiger partial charge in [-0.25, -0.2) is 0 Å². The second-order valence-corrected chi connectivity index (χ2v) is 5.38. The molecule has 0 aliphatic heterocycles. The van der Waals surface area contributed by atoms with E-state index >= 15 is 0 Å². The van der Waals surface area contributed by atoms with E-state index in [0.29, 0.717) is 6.42 Å². The highest BCUT2D eigenvalue weighted by molar-refractivity contribution is 7.99. The molecular weight excluding hydrogens is 238 g/mol. The summed E-state index contributed by atoms with van der Waals surface area (Å²) in [5, 5.41) is 4.08. The fraction of sp³-hybridized carbons (Fsp3) is 0.636. The van der Waals surface area contributed by atoms with Crippen LogP contribution in [0.2, 0.25) is 0 Å². The van der Waals surface area contributed by atoms with E-state index in [4.69, 9.17) is 5.73 Å². The van der Waals surface area contributed by atoms with Gasteiger partial charge in [-0.05, 0) is 25.5 Å². The maximum atomic E-state index is 11.3. The molecule has 0 spiro atoms. The van der Waals surface area contributed by atoms with Gasteiger partial charge in [-0.1, -0.05) is 0 Å². The largest absolute Gasteiger partial charge is 0.468 e. The van der Waals surface area contributed by atoms with Crippen LogP contribution in [0.3, 0.4) is 0 Å². The molecule has 0 saturated carbocycles. The number of thioether (sulfide) groups is 1. The van der Waals surface area contributed by atoms with Crippen LogP contribution < -0.4 is 5.73 Å². The van der Waals surface area contributed by atoms with E-state index in [1.165, 1.54) is 7.11 Å². The fourth-order valence-corrected chi connectivity index (χ4v) is 2.31. The second-order valence-electron chi connectivity index (χ2n) is 4.21. The quantitative estimate of drug-likeness (QED) is 0.471. The number of hydrogen-bond donors (Lipinski definition) is 1. The van der Waals surface area contributed by atoms with Gasteiger partial charge in [-0.3, -0.25) is 9.48 Å². The molecule has 0 aliphatic carbocycles. The number of aryl methyl sites for hydroxylation is 1. The van der Waals surface area contributed by atoms with E-state index in [9.17, 15) is 4.79 Å². The van der Waals surface area contributed by atoms with Gasteiger partial charge in [0.2, 0.25) is 0 Å². The zero-order valence-corrected chi connectivity index (χ0v) is 11.3. The predicted octanol–water partition coefficient (Wildman–Crippen LogP) is 1.18. The molecule has 2 N–H and O–H groups in total. The molecule has 6 heteroatoms. The number of hydrogen-bond acceptors (Lipinski definition) is 5. The number of carbonyl (C=O) groups excluding carboxylic acids is 1. The number of nitrogens with zero attached hydrogens (tertiary/aromatic N) is 2. The highest BCUT2D eigenvalue weighted by Gasteiger charge is 2.28. The molecule has 0 saturated heterocycles. The molecule has 96 valence electrons. The van der Waals surface area contributed by atoms with Crippen molar-refractivity contribution in [3.05, 3.63) is 12.4 Å². The van der Waals surface area contributed by atoms with Crippen molar-refractivity contribution in [2.45, 2.75) is 30.2 Å². The molecule has 0 fully saturated rings. The molecular formula is C11H19N3O2S. The Morgan fingerprint density at radius 3 is 2.94 bits per heavy atom. The monoisotopic (exact) mass is 257 g/mol.